The molecule has 5 heteroatoms. The van der Waals surface area contributed by atoms with Gasteiger partial charge in [-0.2, -0.15) is 0 Å². The minimum Gasteiger partial charge on any atom is -0.508 e. The van der Waals surface area contributed by atoms with Crippen LogP contribution in [0, 0.1) is 10.1 Å². The van der Waals surface area contributed by atoms with Crippen molar-refractivity contribution in [1.82, 2.24) is 5.32 Å². The molecule has 0 spiro atoms. The summed E-state index contributed by atoms with van der Waals surface area (Å²) >= 11 is 0. The van der Waals surface area contributed by atoms with Gasteiger partial charge in [-0.15, -0.1) is 0 Å². The van der Waals surface area contributed by atoms with E-state index in [-0.39, 0.29) is 11.4 Å². The van der Waals surface area contributed by atoms with E-state index in [0.29, 0.717) is 12.1 Å². The number of aromatic hydroxyl groups is 1. The molecule has 0 saturated carbocycles. The minimum atomic E-state index is -0.515. The maximum absolute atomic E-state index is 10.7. The van der Waals surface area contributed by atoms with Gasteiger partial charge in [0.2, 0.25) is 0 Å². The number of hydrogen-bond donors (Lipinski definition) is 2. The molecule has 0 radical (unpaired) electrons. The van der Waals surface area contributed by atoms with E-state index in [0.717, 1.165) is 6.07 Å². The van der Waals surface area contributed by atoms with Gasteiger partial charge < -0.3 is 10.4 Å². The molecule has 0 saturated heterocycles. The summed E-state index contributed by atoms with van der Waals surface area (Å²) in [6.45, 7) is 0.637. The average Bonchev–Trinajstić information content (AvgIpc) is 2.20. The van der Waals surface area contributed by atoms with E-state index in [2.05, 4.69) is 5.32 Å². The molecule has 15 heavy (non-hydrogen) atoms. The average molecular weight is 208 g/mol. The Kier molecular flexibility index (Phi) is 3.82. The fraction of sp³-hybridized carbons (Fsp3) is 0.200. The molecule has 0 bridgehead atoms. The second-order valence-corrected chi connectivity index (χ2v) is 2.96. The van der Waals surface area contributed by atoms with E-state index >= 15 is 0 Å². The number of phenols is 1. The Morgan fingerprint density at radius 1 is 1.60 bits per heavy atom. The number of nitro groups is 1. The van der Waals surface area contributed by atoms with Crippen molar-refractivity contribution in [3.63, 3.8) is 0 Å². The van der Waals surface area contributed by atoms with Crippen LogP contribution in [0.3, 0.4) is 0 Å². The van der Waals surface area contributed by atoms with Crippen molar-refractivity contribution in [2.75, 3.05) is 13.6 Å². The van der Waals surface area contributed by atoms with E-state index in [1.807, 2.05) is 0 Å². The largest absolute Gasteiger partial charge is 0.508 e. The molecule has 0 unspecified atom stereocenters. The molecule has 5 nitrogen and oxygen atoms in total. The molecule has 1 aromatic carbocycles. The van der Waals surface area contributed by atoms with E-state index in [9.17, 15) is 10.1 Å². The van der Waals surface area contributed by atoms with Crippen LogP contribution in [-0.4, -0.2) is 23.6 Å². The number of benzene rings is 1. The van der Waals surface area contributed by atoms with E-state index in [1.165, 1.54) is 12.1 Å². The summed E-state index contributed by atoms with van der Waals surface area (Å²) in [6.07, 6.45) is 3.42. The van der Waals surface area contributed by atoms with Gasteiger partial charge in [-0.3, -0.25) is 10.1 Å². The van der Waals surface area contributed by atoms with Crippen LogP contribution in [0.1, 0.15) is 5.56 Å². The Labute approximate surface area is 87.2 Å². The van der Waals surface area contributed by atoms with Crippen LogP contribution in [0.5, 0.6) is 5.75 Å². The Bertz CT molecular complexity index is 388. The topological polar surface area (TPSA) is 75.4 Å². The Balaban J connectivity index is 3.01. The Hall–Kier alpha value is -1.88. The van der Waals surface area contributed by atoms with Crippen molar-refractivity contribution in [2.45, 2.75) is 0 Å². The molecule has 0 aliphatic rings. The SMILES string of the molecule is CNCC=Cc1ccc(O)cc1[N+](=O)[O-]. The van der Waals surface area contributed by atoms with Crippen LogP contribution in [0.15, 0.2) is 24.3 Å². The number of nitrogens with zero attached hydrogens (tertiary/aromatic N) is 1. The fourth-order valence-electron chi connectivity index (χ4n) is 1.13. The number of nitro benzene ring substituents is 1. The van der Waals surface area contributed by atoms with E-state index < -0.39 is 4.92 Å². The zero-order valence-electron chi connectivity index (χ0n) is 8.30. The maximum atomic E-state index is 10.7. The smallest absolute Gasteiger partial charge is 0.280 e. The standard InChI is InChI=1S/C10H12N2O3/c1-11-6-2-3-8-4-5-9(13)7-10(8)12(14)15/h2-5,7,11,13H,6H2,1H3. The lowest BCUT2D eigenvalue weighted by molar-refractivity contribution is -0.385. The van der Waals surface area contributed by atoms with Gasteiger partial charge in [-0.1, -0.05) is 12.2 Å². The van der Waals surface area contributed by atoms with Gasteiger partial charge in [0, 0.05) is 6.54 Å². The summed E-state index contributed by atoms with van der Waals surface area (Å²) < 4.78 is 0. The highest BCUT2D eigenvalue weighted by Gasteiger charge is 2.11. The van der Waals surface area contributed by atoms with Crippen LogP contribution < -0.4 is 5.32 Å². The first kappa shape index (κ1) is 11.2. The van der Waals surface area contributed by atoms with Crippen LogP contribution in [0.25, 0.3) is 6.08 Å². The van der Waals surface area contributed by atoms with E-state index in [4.69, 9.17) is 5.11 Å². The molecule has 0 atom stereocenters. The number of hydrogen-bond acceptors (Lipinski definition) is 4. The second-order valence-electron chi connectivity index (χ2n) is 2.96. The minimum absolute atomic E-state index is 0.0950. The highest BCUT2D eigenvalue weighted by atomic mass is 16.6. The van der Waals surface area contributed by atoms with Crippen LogP contribution in [0.2, 0.25) is 0 Å². The molecular weight excluding hydrogens is 196 g/mol. The van der Waals surface area contributed by atoms with Crippen molar-refractivity contribution in [3.8, 4) is 5.75 Å². The van der Waals surface area contributed by atoms with Crippen molar-refractivity contribution in [1.29, 1.82) is 0 Å². The highest BCUT2D eigenvalue weighted by Crippen LogP contribution is 2.24. The van der Waals surface area contributed by atoms with Crippen molar-refractivity contribution < 1.29 is 10.0 Å². The first-order valence-corrected chi connectivity index (χ1v) is 4.43. The quantitative estimate of drug-likeness (QED) is 0.581. The number of rotatable bonds is 4. The Morgan fingerprint density at radius 2 is 2.33 bits per heavy atom. The monoisotopic (exact) mass is 208 g/mol. The predicted octanol–water partition coefficient (Wildman–Crippen LogP) is 1.53. The highest BCUT2D eigenvalue weighted by molar-refractivity contribution is 5.62. The molecule has 0 aromatic heterocycles. The van der Waals surface area contributed by atoms with Crippen LogP contribution in [0.4, 0.5) is 5.69 Å². The normalized spacial score (nSPS) is 10.7. The summed E-state index contributed by atoms with van der Waals surface area (Å²) in [7, 11) is 1.79. The summed E-state index contributed by atoms with van der Waals surface area (Å²) in [5.74, 6) is -0.104. The van der Waals surface area contributed by atoms with Crippen molar-refractivity contribution in [2.24, 2.45) is 0 Å². The van der Waals surface area contributed by atoms with Gasteiger partial charge in [0.15, 0.2) is 0 Å². The first-order valence-electron chi connectivity index (χ1n) is 4.43. The van der Waals surface area contributed by atoms with Gasteiger partial charge in [-0.05, 0) is 19.2 Å². The Morgan fingerprint density at radius 3 is 2.93 bits per heavy atom. The van der Waals surface area contributed by atoms with Crippen molar-refractivity contribution in [3.05, 3.63) is 40.0 Å². The van der Waals surface area contributed by atoms with E-state index in [1.54, 1.807) is 19.2 Å². The predicted molar refractivity (Wildman–Crippen MR) is 57.7 cm³/mol. The molecule has 0 amide bonds. The number of likely N-dealkylation sites (N-methyl/N-ethyl adjacent to an activating group) is 1. The zero-order chi connectivity index (χ0) is 11.3. The molecule has 1 aromatic rings. The second kappa shape index (κ2) is 5.11. The number of nitrogens with one attached hydrogen (secondary N) is 1. The van der Waals surface area contributed by atoms with Gasteiger partial charge in [0.1, 0.15) is 5.75 Å². The summed E-state index contributed by atoms with van der Waals surface area (Å²) in [4.78, 5) is 10.1. The molecule has 0 heterocycles. The molecular formula is C10H12N2O3. The third-order valence-electron chi connectivity index (χ3n) is 1.83. The third kappa shape index (κ3) is 3.07. The third-order valence-corrected chi connectivity index (χ3v) is 1.83. The van der Waals surface area contributed by atoms with Crippen LogP contribution >= 0.6 is 0 Å². The molecule has 2 N–H and O–H groups in total. The van der Waals surface area contributed by atoms with Crippen molar-refractivity contribution >= 4 is 11.8 Å². The van der Waals surface area contributed by atoms with Gasteiger partial charge in [0.25, 0.3) is 5.69 Å². The summed E-state index contributed by atoms with van der Waals surface area (Å²) in [6, 6.07) is 4.07. The lowest BCUT2D eigenvalue weighted by Gasteiger charge is -1.98. The van der Waals surface area contributed by atoms with Crippen LogP contribution in [-0.2, 0) is 0 Å². The zero-order valence-corrected chi connectivity index (χ0v) is 8.30. The lowest BCUT2D eigenvalue weighted by Crippen LogP contribution is -2.03. The van der Waals surface area contributed by atoms with Gasteiger partial charge in [-0.25, -0.2) is 0 Å². The first-order chi connectivity index (χ1) is 7.15. The fourth-order valence-corrected chi connectivity index (χ4v) is 1.13. The summed E-state index contributed by atoms with van der Waals surface area (Å²) in [5.41, 5.74) is 0.385. The maximum Gasteiger partial charge on any atom is 0.280 e. The summed E-state index contributed by atoms with van der Waals surface area (Å²) in [5, 5.41) is 22.7. The van der Waals surface area contributed by atoms with Gasteiger partial charge >= 0.3 is 0 Å². The lowest BCUT2D eigenvalue weighted by atomic mass is 10.1. The molecule has 0 aliphatic carbocycles. The number of phenolic OH excluding ortho intramolecular Hbond substituents is 1. The molecule has 80 valence electrons. The van der Waals surface area contributed by atoms with Gasteiger partial charge in [0.05, 0.1) is 16.6 Å². The molecule has 0 aliphatic heterocycles. The molecule has 1 rings (SSSR count). The molecule has 0 fully saturated rings.